The van der Waals surface area contributed by atoms with Crippen LogP contribution >= 0.6 is 0 Å². The van der Waals surface area contributed by atoms with Crippen molar-refractivity contribution in [3.63, 3.8) is 0 Å². The molecule has 0 aromatic rings. The smallest absolute Gasteiger partial charge is 0.0791 e. The fourth-order valence-corrected chi connectivity index (χ4v) is 1.49. The monoisotopic (exact) mass is 170 g/mol. The summed E-state index contributed by atoms with van der Waals surface area (Å²) in [6.07, 6.45) is -0.230. The van der Waals surface area contributed by atoms with Gasteiger partial charge in [-0.05, 0) is 6.92 Å². The lowest BCUT2D eigenvalue weighted by Crippen LogP contribution is -2.33. The Morgan fingerprint density at radius 1 is 1.75 bits per heavy atom. The van der Waals surface area contributed by atoms with Gasteiger partial charge in [0.25, 0.3) is 0 Å². The van der Waals surface area contributed by atoms with Gasteiger partial charge in [0, 0.05) is 32.7 Å². The number of β-amino-alcohol motifs (C(OH)–C–C–N with tert-alkyl or cyclic N) is 1. The average Bonchev–Trinajstić information content (AvgIpc) is 2.12. The first-order chi connectivity index (χ1) is 5.68. The fraction of sp³-hybridized carbons (Fsp3) is 0.778. The summed E-state index contributed by atoms with van der Waals surface area (Å²) in [5.74, 6) is 0. The van der Waals surface area contributed by atoms with Crippen LogP contribution in [-0.4, -0.2) is 48.8 Å². The first kappa shape index (κ1) is 9.71. The molecule has 3 heteroatoms. The molecular weight excluding hydrogens is 152 g/mol. The molecule has 0 saturated carbocycles. The van der Waals surface area contributed by atoms with Crippen molar-refractivity contribution in [1.29, 1.82) is 0 Å². The van der Waals surface area contributed by atoms with Crippen molar-refractivity contribution in [3.05, 3.63) is 12.2 Å². The van der Waals surface area contributed by atoms with Gasteiger partial charge in [0.2, 0.25) is 0 Å². The van der Waals surface area contributed by atoms with Gasteiger partial charge < -0.3 is 10.4 Å². The lowest BCUT2D eigenvalue weighted by atomic mass is 10.3. The molecule has 1 saturated heterocycles. The first-order valence-corrected chi connectivity index (χ1v) is 4.44. The van der Waals surface area contributed by atoms with E-state index in [0.717, 1.165) is 31.8 Å². The third-order valence-corrected chi connectivity index (χ3v) is 1.95. The Hall–Kier alpha value is -0.380. The van der Waals surface area contributed by atoms with Crippen molar-refractivity contribution in [2.45, 2.75) is 13.0 Å². The highest BCUT2D eigenvalue weighted by Crippen LogP contribution is 1.99. The standard InChI is InChI=1S/C9H18N2O/c1-8(2)6-11-4-3-10-5-9(12)7-11/h9-10,12H,1,3-7H2,2H3. The number of aliphatic hydroxyl groups excluding tert-OH is 1. The van der Waals surface area contributed by atoms with Gasteiger partial charge in [-0.25, -0.2) is 0 Å². The van der Waals surface area contributed by atoms with Crippen LogP contribution in [0.15, 0.2) is 12.2 Å². The molecule has 12 heavy (non-hydrogen) atoms. The zero-order chi connectivity index (χ0) is 8.97. The van der Waals surface area contributed by atoms with E-state index in [1.54, 1.807) is 0 Å². The molecule has 1 aliphatic heterocycles. The van der Waals surface area contributed by atoms with Gasteiger partial charge in [0.05, 0.1) is 6.10 Å². The molecule has 0 spiro atoms. The molecule has 1 heterocycles. The highest BCUT2D eigenvalue weighted by molar-refractivity contribution is 4.92. The fourth-order valence-electron chi connectivity index (χ4n) is 1.49. The van der Waals surface area contributed by atoms with E-state index in [2.05, 4.69) is 16.8 Å². The molecule has 0 aromatic carbocycles. The van der Waals surface area contributed by atoms with E-state index < -0.39 is 0 Å². The number of hydrogen-bond donors (Lipinski definition) is 2. The minimum Gasteiger partial charge on any atom is -0.390 e. The minimum absolute atomic E-state index is 0.230. The molecule has 1 aliphatic rings. The van der Waals surface area contributed by atoms with Gasteiger partial charge in [-0.2, -0.15) is 0 Å². The van der Waals surface area contributed by atoms with Gasteiger partial charge in [0.1, 0.15) is 0 Å². The van der Waals surface area contributed by atoms with Crippen LogP contribution < -0.4 is 5.32 Å². The molecule has 1 unspecified atom stereocenters. The van der Waals surface area contributed by atoms with Gasteiger partial charge in [-0.3, -0.25) is 4.90 Å². The first-order valence-electron chi connectivity index (χ1n) is 4.44. The largest absolute Gasteiger partial charge is 0.390 e. The van der Waals surface area contributed by atoms with E-state index in [4.69, 9.17) is 0 Å². The molecule has 1 rings (SSSR count). The van der Waals surface area contributed by atoms with Crippen LogP contribution in [0.2, 0.25) is 0 Å². The van der Waals surface area contributed by atoms with Crippen LogP contribution in [-0.2, 0) is 0 Å². The highest BCUT2D eigenvalue weighted by atomic mass is 16.3. The van der Waals surface area contributed by atoms with Crippen molar-refractivity contribution in [3.8, 4) is 0 Å². The van der Waals surface area contributed by atoms with Crippen molar-refractivity contribution in [1.82, 2.24) is 10.2 Å². The van der Waals surface area contributed by atoms with E-state index >= 15 is 0 Å². The maximum Gasteiger partial charge on any atom is 0.0791 e. The van der Waals surface area contributed by atoms with Gasteiger partial charge in [-0.1, -0.05) is 12.2 Å². The van der Waals surface area contributed by atoms with Crippen molar-refractivity contribution >= 4 is 0 Å². The Bertz CT molecular complexity index is 159. The number of aliphatic hydroxyl groups is 1. The van der Waals surface area contributed by atoms with Gasteiger partial charge >= 0.3 is 0 Å². The number of nitrogens with one attached hydrogen (secondary N) is 1. The van der Waals surface area contributed by atoms with E-state index in [1.807, 2.05) is 6.92 Å². The van der Waals surface area contributed by atoms with E-state index in [0.29, 0.717) is 6.54 Å². The third-order valence-electron chi connectivity index (χ3n) is 1.95. The summed E-state index contributed by atoms with van der Waals surface area (Å²) in [6, 6.07) is 0. The third kappa shape index (κ3) is 3.34. The second kappa shape index (κ2) is 4.60. The predicted octanol–water partition coefficient (Wildman–Crippen LogP) is -0.171. The number of nitrogens with zero attached hydrogens (tertiary/aromatic N) is 1. The summed E-state index contributed by atoms with van der Waals surface area (Å²) < 4.78 is 0. The zero-order valence-corrected chi connectivity index (χ0v) is 7.71. The van der Waals surface area contributed by atoms with Crippen LogP contribution in [0.25, 0.3) is 0 Å². The minimum atomic E-state index is -0.230. The molecule has 3 nitrogen and oxygen atoms in total. The molecule has 0 amide bonds. The Morgan fingerprint density at radius 2 is 2.50 bits per heavy atom. The summed E-state index contributed by atoms with van der Waals surface area (Å²) >= 11 is 0. The van der Waals surface area contributed by atoms with Gasteiger partial charge in [-0.15, -0.1) is 0 Å². The van der Waals surface area contributed by atoms with Crippen molar-refractivity contribution in [2.75, 3.05) is 32.7 Å². The molecule has 70 valence electrons. The lowest BCUT2D eigenvalue weighted by molar-refractivity contribution is 0.135. The molecule has 2 N–H and O–H groups in total. The quantitative estimate of drug-likeness (QED) is 0.565. The summed E-state index contributed by atoms with van der Waals surface area (Å²) in [5.41, 5.74) is 1.16. The molecule has 0 aliphatic carbocycles. The van der Waals surface area contributed by atoms with Crippen LogP contribution in [0.1, 0.15) is 6.92 Å². The second-order valence-electron chi connectivity index (χ2n) is 3.55. The number of hydrogen-bond acceptors (Lipinski definition) is 3. The topological polar surface area (TPSA) is 35.5 Å². The zero-order valence-electron chi connectivity index (χ0n) is 7.71. The molecule has 0 aromatic heterocycles. The summed E-state index contributed by atoms with van der Waals surface area (Å²) in [6.45, 7) is 10.2. The SMILES string of the molecule is C=C(C)CN1CCNCC(O)C1. The van der Waals surface area contributed by atoms with E-state index in [9.17, 15) is 5.11 Å². The van der Waals surface area contributed by atoms with Crippen molar-refractivity contribution in [2.24, 2.45) is 0 Å². The Morgan fingerprint density at radius 3 is 3.17 bits per heavy atom. The molecule has 0 bridgehead atoms. The van der Waals surface area contributed by atoms with Gasteiger partial charge in [0.15, 0.2) is 0 Å². The van der Waals surface area contributed by atoms with Crippen LogP contribution in [0.3, 0.4) is 0 Å². The summed E-state index contributed by atoms with van der Waals surface area (Å²) in [5, 5.41) is 12.6. The maximum atomic E-state index is 9.44. The molecule has 0 radical (unpaired) electrons. The average molecular weight is 170 g/mol. The van der Waals surface area contributed by atoms with Crippen LogP contribution in [0.4, 0.5) is 0 Å². The normalized spacial score (nSPS) is 26.7. The highest BCUT2D eigenvalue weighted by Gasteiger charge is 2.14. The van der Waals surface area contributed by atoms with E-state index in [-0.39, 0.29) is 6.10 Å². The summed E-state index contributed by atoms with van der Waals surface area (Å²) in [7, 11) is 0. The Labute approximate surface area is 74.1 Å². The Kier molecular flexibility index (Phi) is 3.72. The van der Waals surface area contributed by atoms with Crippen molar-refractivity contribution < 1.29 is 5.11 Å². The van der Waals surface area contributed by atoms with E-state index in [1.165, 1.54) is 0 Å². The lowest BCUT2D eigenvalue weighted by Gasteiger charge is -2.20. The maximum absolute atomic E-state index is 9.44. The van der Waals surface area contributed by atoms with Crippen LogP contribution in [0.5, 0.6) is 0 Å². The number of rotatable bonds is 2. The second-order valence-corrected chi connectivity index (χ2v) is 3.55. The molecular formula is C9H18N2O. The van der Waals surface area contributed by atoms with Crippen LogP contribution in [0, 0.1) is 0 Å². The molecule has 1 fully saturated rings. The summed E-state index contributed by atoms with van der Waals surface area (Å²) in [4.78, 5) is 2.23. The Balaban J connectivity index is 2.35. The predicted molar refractivity (Wildman–Crippen MR) is 50.1 cm³/mol. The molecule has 1 atom stereocenters.